The molecular weight excluding hydrogens is 354 g/mol. The van der Waals surface area contributed by atoms with Crippen molar-refractivity contribution < 1.29 is 4.79 Å². The molecule has 0 aliphatic rings. The Kier molecular flexibility index (Phi) is 5.35. The summed E-state index contributed by atoms with van der Waals surface area (Å²) in [6.45, 7) is 4.03. The van der Waals surface area contributed by atoms with Gasteiger partial charge in [0.05, 0.1) is 5.69 Å². The van der Waals surface area contributed by atoms with E-state index in [-0.39, 0.29) is 5.91 Å². The predicted octanol–water partition coefficient (Wildman–Crippen LogP) is 3.11. The first-order valence-electron chi connectivity index (χ1n) is 6.45. The van der Waals surface area contributed by atoms with E-state index in [2.05, 4.69) is 36.8 Å². The summed E-state index contributed by atoms with van der Waals surface area (Å²) in [5.74, 6) is 0.317. The van der Waals surface area contributed by atoms with Crippen LogP contribution in [0.3, 0.4) is 0 Å². The highest BCUT2D eigenvalue weighted by Gasteiger charge is 2.13. The molecule has 0 fully saturated rings. The minimum absolute atomic E-state index is 0.000963. The van der Waals surface area contributed by atoms with Gasteiger partial charge in [-0.15, -0.1) is 5.10 Å². The molecule has 2 aromatic rings. The molecule has 0 saturated carbocycles. The van der Waals surface area contributed by atoms with Crippen LogP contribution in [0, 0.1) is 5.92 Å². The second-order valence-corrected chi connectivity index (χ2v) is 6.90. The third-order valence-electron chi connectivity index (χ3n) is 2.59. The number of carbonyl (C=O) groups is 1. The van der Waals surface area contributed by atoms with Crippen molar-refractivity contribution in [2.45, 2.75) is 30.3 Å². The molecule has 0 saturated heterocycles. The Morgan fingerprint density at radius 1 is 1.48 bits per heavy atom. The molecule has 21 heavy (non-hydrogen) atoms. The van der Waals surface area contributed by atoms with Gasteiger partial charge in [-0.3, -0.25) is 4.79 Å². The van der Waals surface area contributed by atoms with Crippen molar-refractivity contribution in [3.8, 4) is 0 Å². The molecule has 0 aliphatic carbocycles. The van der Waals surface area contributed by atoms with Gasteiger partial charge in [0.2, 0.25) is 11.1 Å². The molecule has 1 amide bonds. The zero-order valence-corrected chi connectivity index (χ0v) is 14.4. The lowest BCUT2D eigenvalue weighted by Crippen LogP contribution is -2.14. The van der Waals surface area contributed by atoms with Crippen LogP contribution in [0.4, 0.5) is 5.69 Å². The summed E-state index contributed by atoms with van der Waals surface area (Å²) in [7, 11) is 1.78. The standard InChI is InChI=1S/C13H16BrN5OS/c1-8(2)6-12(20)15-10-7-9(14)4-5-11(10)21-13-16-17-18-19(13)3/h4-5,7-8H,6H2,1-3H3,(H,15,20). The van der Waals surface area contributed by atoms with Gasteiger partial charge < -0.3 is 5.32 Å². The van der Waals surface area contributed by atoms with Gasteiger partial charge in [-0.05, 0) is 46.3 Å². The van der Waals surface area contributed by atoms with Gasteiger partial charge in [-0.1, -0.05) is 29.8 Å². The fourth-order valence-corrected chi connectivity index (χ4v) is 2.83. The fraction of sp³-hybridized carbons (Fsp3) is 0.385. The molecule has 0 spiro atoms. The Morgan fingerprint density at radius 3 is 2.86 bits per heavy atom. The van der Waals surface area contributed by atoms with Crippen molar-refractivity contribution in [3.63, 3.8) is 0 Å². The number of aryl methyl sites for hydroxylation is 1. The second kappa shape index (κ2) is 7.04. The first-order valence-corrected chi connectivity index (χ1v) is 8.06. The Balaban J connectivity index is 2.21. The largest absolute Gasteiger partial charge is 0.325 e. The molecule has 0 atom stereocenters. The minimum atomic E-state index is 0.000963. The van der Waals surface area contributed by atoms with Crippen LogP contribution in [0.1, 0.15) is 20.3 Å². The zero-order chi connectivity index (χ0) is 15.4. The monoisotopic (exact) mass is 369 g/mol. The van der Waals surface area contributed by atoms with Crippen molar-refractivity contribution in [1.29, 1.82) is 0 Å². The number of rotatable bonds is 5. The van der Waals surface area contributed by atoms with Gasteiger partial charge in [-0.25, -0.2) is 4.68 Å². The Hall–Kier alpha value is -1.41. The maximum atomic E-state index is 12.0. The maximum Gasteiger partial charge on any atom is 0.224 e. The van der Waals surface area contributed by atoms with Crippen LogP contribution in [-0.4, -0.2) is 26.1 Å². The van der Waals surface area contributed by atoms with Crippen LogP contribution >= 0.6 is 27.7 Å². The topological polar surface area (TPSA) is 72.7 Å². The average molecular weight is 370 g/mol. The number of aromatic nitrogens is 4. The van der Waals surface area contributed by atoms with E-state index in [1.807, 2.05) is 32.0 Å². The van der Waals surface area contributed by atoms with Crippen LogP contribution < -0.4 is 5.32 Å². The molecule has 0 aliphatic heterocycles. The van der Waals surface area contributed by atoms with Crippen LogP contribution in [-0.2, 0) is 11.8 Å². The number of anilines is 1. The van der Waals surface area contributed by atoms with Gasteiger partial charge in [0.1, 0.15) is 0 Å². The van der Waals surface area contributed by atoms with Gasteiger partial charge in [0.25, 0.3) is 0 Å². The molecule has 1 aromatic carbocycles. The SMILES string of the molecule is CC(C)CC(=O)Nc1cc(Br)ccc1Sc1nnnn1C. The van der Waals surface area contributed by atoms with E-state index in [0.29, 0.717) is 17.5 Å². The van der Waals surface area contributed by atoms with Crippen molar-refractivity contribution in [3.05, 3.63) is 22.7 Å². The van der Waals surface area contributed by atoms with E-state index in [9.17, 15) is 4.79 Å². The van der Waals surface area contributed by atoms with Crippen molar-refractivity contribution in [2.75, 3.05) is 5.32 Å². The number of benzene rings is 1. The predicted molar refractivity (Wildman–Crippen MR) is 85.1 cm³/mol. The van der Waals surface area contributed by atoms with E-state index >= 15 is 0 Å². The number of amides is 1. The van der Waals surface area contributed by atoms with Gasteiger partial charge in [0, 0.05) is 22.8 Å². The number of nitrogens with one attached hydrogen (secondary N) is 1. The highest BCUT2D eigenvalue weighted by molar-refractivity contribution is 9.10. The molecule has 8 heteroatoms. The van der Waals surface area contributed by atoms with Crippen molar-refractivity contribution in [2.24, 2.45) is 13.0 Å². The molecule has 0 radical (unpaired) electrons. The van der Waals surface area contributed by atoms with E-state index in [1.54, 1.807) is 11.7 Å². The Bertz CT molecular complexity index is 643. The summed E-state index contributed by atoms with van der Waals surface area (Å²) in [6, 6.07) is 5.73. The van der Waals surface area contributed by atoms with Crippen LogP contribution in [0.25, 0.3) is 0 Å². The van der Waals surface area contributed by atoms with Gasteiger partial charge >= 0.3 is 0 Å². The highest BCUT2D eigenvalue weighted by atomic mass is 79.9. The summed E-state index contributed by atoms with van der Waals surface area (Å²) in [5, 5.41) is 15.0. The van der Waals surface area contributed by atoms with Crippen LogP contribution in [0.2, 0.25) is 0 Å². The molecule has 1 heterocycles. The maximum absolute atomic E-state index is 12.0. The lowest BCUT2D eigenvalue weighted by molar-refractivity contribution is -0.116. The summed E-state index contributed by atoms with van der Waals surface area (Å²) >= 11 is 4.83. The smallest absolute Gasteiger partial charge is 0.224 e. The molecule has 1 aromatic heterocycles. The van der Waals surface area contributed by atoms with E-state index < -0.39 is 0 Å². The van der Waals surface area contributed by atoms with E-state index in [4.69, 9.17) is 0 Å². The number of nitrogens with zero attached hydrogens (tertiary/aromatic N) is 4. The summed E-state index contributed by atoms with van der Waals surface area (Å²) in [5.41, 5.74) is 0.753. The Morgan fingerprint density at radius 2 is 2.24 bits per heavy atom. The fourth-order valence-electron chi connectivity index (χ4n) is 1.67. The number of carbonyl (C=O) groups excluding carboxylic acids is 1. The first-order chi connectivity index (χ1) is 9.95. The quantitative estimate of drug-likeness (QED) is 0.876. The van der Waals surface area contributed by atoms with Gasteiger partial charge in [-0.2, -0.15) is 0 Å². The highest BCUT2D eigenvalue weighted by Crippen LogP contribution is 2.34. The zero-order valence-electron chi connectivity index (χ0n) is 12.0. The van der Waals surface area contributed by atoms with Crippen LogP contribution in [0.15, 0.2) is 32.7 Å². The lowest BCUT2D eigenvalue weighted by Gasteiger charge is -2.11. The summed E-state index contributed by atoms with van der Waals surface area (Å²) in [4.78, 5) is 12.9. The van der Waals surface area contributed by atoms with Crippen molar-refractivity contribution >= 4 is 39.3 Å². The third kappa shape index (κ3) is 4.53. The first kappa shape index (κ1) is 16.0. The number of halogens is 1. The van der Waals surface area contributed by atoms with E-state index in [0.717, 1.165) is 15.1 Å². The molecular formula is C13H16BrN5OS. The Labute approximate surface area is 135 Å². The molecule has 2 rings (SSSR count). The summed E-state index contributed by atoms with van der Waals surface area (Å²) in [6.07, 6.45) is 0.488. The second-order valence-electron chi connectivity index (χ2n) is 4.97. The molecule has 112 valence electrons. The molecule has 0 bridgehead atoms. The normalized spacial score (nSPS) is 10.9. The summed E-state index contributed by atoms with van der Waals surface area (Å²) < 4.78 is 2.50. The number of hydrogen-bond acceptors (Lipinski definition) is 5. The third-order valence-corrected chi connectivity index (χ3v) is 4.19. The minimum Gasteiger partial charge on any atom is -0.325 e. The molecule has 1 N–H and O–H groups in total. The number of hydrogen-bond donors (Lipinski definition) is 1. The van der Waals surface area contributed by atoms with E-state index in [1.165, 1.54) is 11.8 Å². The lowest BCUT2D eigenvalue weighted by atomic mass is 10.1. The number of tetrazole rings is 1. The van der Waals surface area contributed by atoms with Crippen LogP contribution in [0.5, 0.6) is 0 Å². The van der Waals surface area contributed by atoms with Crippen molar-refractivity contribution in [1.82, 2.24) is 20.2 Å². The molecule has 0 unspecified atom stereocenters. The van der Waals surface area contributed by atoms with Gasteiger partial charge in [0.15, 0.2) is 0 Å². The average Bonchev–Trinajstić information content (AvgIpc) is 2.77. The molecule has 6 nitrogen and oxygen atoms in total.